The highest BCUT2D eigenvalue weighted by Crippen LogP contribution is 2.35. The molecule has 1 aliphatic rings. The fourth-order valence-electron chi connectivity index (χ4n) is 4.72. The molecule has 0 fully saturated rings. The van der Waals surface area contributed by atoms with Gasteiger partial charge in [0, 0.05) is 0 Å². The largest absolute Gasteiger partial charge is 0.486 e. The lowest BCUT2D eigenvalue weighted by Crippen LogP contribution is -2.40. The van der Waals surface area contributed by atoms with Gasteiger partial charge in [-0.1, -0.05) is 102 Å². The van der Waals surface area contributed by atoms with Gasteiger partial charge in [-0.15, -0.1) is 0 Å². The summed E-state index contributed by atoms with van der Waals surface area (Å²) in [4.78, 5) is 31.9. The zero-order chi connectivity index (χ0) is 28.4. The Hall–Kier alpha value is -3.65. The van der Waals surface area contributed by atoms with Crippen LogP contribution in [0.5, 0.6) is 5.75 Å². The molecule has 1 aliphatic heterocycles. The van der Waals surface area contributed by atoms with Crippen molar-refractivity contribution in [2.24, 2.45) is 4.99 Å². The fraction of sp³-hybridized carbons (Fsp3) is 0.194. The van der Waals surface area contributed by atoms with E-state index in [4.69, 9.17) is 32.7 Å². The van der Waals surface area contributed by atoms with Crippen LogP contribution < -0.4 is 19.6 Å². The number of rotatable bonds is 7. The van der Waals surface area contributed by atoms with Gasteiger partial charge in [0.1, 0.15) is 6.61 Å². The lowest BCUT2D eigenvalue weighted by Gasteiger charge is -2.25. The number of methoxy groups -OCH3 is 1. The van der Waals surface area contributed by atoms with Crippen molar-refractivity contribution in [1.82, 2.24) is 4.57 Å². The van der Waals surface area contributed by atoms with Crippen LogP contribution in [0.2, 0.25) is 10.0 Å². The molecule has 0 spiro atoms. The van der Waals surface area contributed by atoms with E-state index >= 15 is 0 Å². The lowest BCUT2D eigenvalue weighted by atomic mass is 9.95. The predicted octanol–water partition coefficient (Wildman–Crippen LogP) is 5.99. The molecule has 1 atom stereocenters. The maximum absolute atomic E-state index is 13.8. The van der Waals surface area contributed by atoms with E-state index in [2.05, 4.69) is 4.99 Å². The van der Waals surface area contributed by atoms with E-state index in [1.165, 1.54) is 18.4 Å². The lowest BCUT2D eigenvalue weighted by molar-refractivity contribution is -0.136. The SMILES string of the molecule is CCC1=C(C(=O)OC)[C@@H](c2ccccc2)n2c(s/c(=C\c3cc(Cl)c(OCc4cccc(C)c4)c(Cl)c3)c2=O)=N1. The van der Waals surface area contributed by atoms with Crippen LogP contribution in [0.3, 0.4) is 0 Å². The number of aryl methyl sites for hydroxylation is 1. The van der Waals surface area contributed by atoms with E-state index in [1.807, 2.05) is 68.4 Å². The second-order valence-corrected chi connectivity index (χ2v) is 11.1. The number of carbonyl (C=O) groups is 1. The molecular formula is C31H26Cl2N2O4S. The van der Waals surface area contributed by atoms with E-state index in [-0.39, 0.29) is 5.56 Å². The van der Waals surface area contributed by atoms with Gasteiger partial charge in [-0.3, -0.25) is 9.36 Å². The number of thiazole rings is 1. The van der Waals surface area contributed by atoms with Crippen molar-refractivity contribution in [2.75, 3.05) is 7.11 Å². The summed E-state index contributed by atoms with van der Waals surface area (Å²) < 4.78 is 13.0. The molecule has 204 valence electrons. The van der Waals surface area contributed by atoms with Crippen LogP contribution >= 0.6 is 34.5 Å². The van der Waals surface area contributed by atoms with E-state index in [1.54, 1.807) is 22.8 Å². The zero-order valence-corrected chi connectivity index (χ0v) is 24.4. The Kier molecular flexibility index (Phi) is 8.26. The maximum Gasteiger partial charge on any atom is 0.338 e. The summed E-state index contributed by atoms with van der Waals surface area (Å²) in [6.45, 7) is 4.26. The molecule has 9 heteroatoms. The normalized spacial score (nSPS) is 15.0. The molecule has 0 unspecified atom stereocenters. The molecule has 0 N–H and O–H groups in total. The van der Waals surface area contributed by atoms with E-state index in [0.717, 1.165) is 16.7 Å². The number of carbonyl (C=O) groups excluding carboxylic acids is 1. The van der Waals surface area contributed by atoms with Gasteiger partial charge in [-0.05, 0) is 48.2 Å². The minimum absolute atomic E-state index is 0.277. The molecule has 0 saturated carbocycles. The van der Waals surface area contributed by atoms with Gasteiger partial charge >= 0.3 is 5.97 Å². The van der Waals surface area contributed by atoms with Gasteiger partial charge in [0.25, 0.3) is 5.56 Å². The van der Waals surface area contributed by atoms with Gasteiger partial charge in [0.15, 0.2) is 10.6 Å². The summed E-state index contributed by atoms with van der Waals surface area (Å²) >= 11 is 14.4. The van der Waals surface area contributed by atoms with Crippen molar-refractivity contribution < 1.29 is 14.3 Å². The number of hydrogen-bond acceptors (Lipinski definition) is 6. The Morgan fingerprint density at radius 2 is 1.80 bits per heavy atom. The molecule has 2 heterocycles. The van der Waals surface area contributed by atoms with Crippen molar-refractivity contribution in [2.45, 2.75) is 32.9 Å². The molecule has 1 aromatic heterocycles. The molecule has 0 saturated heterocycles. The first kappa shape index (κ1) is 27.9. The summed E-state index contributed by atoms with van der Waals surface area (Å²) in [6.07, 6.45) is 2.23. The Bertz CT molecular complexity index is 1790. The minimum atomic E-state index is -0.661. The topological polar surface area (TPSA) is 69.9 Å². The Morgan fingerprint density at radius 3 is 2.45 bits per heavy atom. The number of nitrogens with zero attached hydrogens (tertiary/aromatic N) is 2. The first-order valence-corrected chi connectivity index (χ1v) is 14.2. The Labute approximate surface area is 245 Å². The first-order chi connectivity index (χ1) is 19.3. The van der Waals surface area contributed by atoms with Crippen LogP contribution in [0.4, 0.5) is 0 Å². The first-order valence-electron chi connectivity index (χ1n) is 12.7. The van der Waals surface area contributed by atoms with Crippen molar-refractivity contribution in [3.05, 3.63) is 130 Å². The highest BCUT2D eigenvalue weighted by atomic mass is 35.5. The second-order valence-electron chi connectivity index (χ2n) is 9.29. The maximum atomic E-state index is 13.8. The van der Waals surface area contributed by atoms with Crippen molar-refractivity contribution in [1.29, 1.82) is 0 Å². The van der Waals surface area contributed by atoms with Gasteiger partial charge in [-0.2, -0.15) is 0 Å². The molecule has 0 radical (unpaired) electrons. The van der Waals surface area contributed by atoms with Crippen LogP contribution in [0, 0.1) is 6.92 Å². The van der Waals surface area contributed by atoms with Crippen LogP contribution in [0.25, 0.3) is 6.08 Å². The number of hydrogen-bond donors (Lipinski definition) is 0. The number of aromatic nitrogens is 1. The molecule has 4 aromatic rings. The molecule has 3 aromatic carbocycles. The molecule has 6 nitrogen and oxygen atoms in total. The summed E-state index contributed by atoms with van der Waals surface area (Å²) in [7, 11) is 1.33. The summed E-state index contributed by atoms with van der Waals surface area (Å²) in [5, 5.41) is 0.671. The third-order valence-corrected chi connectivity index (χ3v) is 8.09. The number of ether oxygens (including phenoxy) is 2. The van der Waals surface area contributed by atoms with Gasteiger partial charge in [-0.25, -0.2) is 9.79 Å². The zero-order valence-electron chi connectivity index (χ0n) is 22.1. The molecule has 0 amide bonds. The van der Waals surface area contributed by atoms with Gasteiger partial charge < -0.3 is 9.47 Å². The molecule has 40 heavy (non-hydrogen) atoms. The number of benzene rings is 3. The van der Waals surface area contributed by atoms with Crippen molar-refractivity contribution in [3.8, 4) is 5.75 Å². The molecule has 0 aliphatic carbocycles. The van der Waals surface area contributed by atoms with Crippen LogP contribution in [-0.2, 0) is 16.1 Å². The molecule has 0 bridgehead atoms. The minimum Gasteiger partial charge on any atom is -0.486 e. The van der Waals surface area contributed by atoms with Gasteiger partial charge in [0.05, 0.1) is 39.0 Å². The third-order valence-electron chi connectivity index (χ3n) is 6.55. The van der Waals surface area contributed by atoms with Crippen molar-refractivity contribution >= 4 is 46.6 Å². The summed E-state index contributed by atoms with van der Waals surface area (Å²) in [6, 6.07) is 20.2. The number of halogens is 2. The standard InChI is InChI=1S/C31H26Cl2N2O4S/c1-4-24-26(30(37)38-3)27(21-11-6-5-7-12-21)35-29(36)25(40-31(35)34-24)16-20-14-22(32)28(23(33)15-20)39-17-19-10-8-9-18(2)13-19/h5-16,27H,4,17H2,1-3H3/b25-16-/t27-/m1/s1. The van der Waals surface area contributed by atoms with Crippen LogP contribution in [0.15, 0.2) is 87.8 Å². The summed E-state index contributed by atoms with van der Waals surface area (Å²) in [5.74, 6) is -0.133. The average molecular weight is 594 g/mol. The third kappa shape index (κ3) is 5.50. The fourth-order valence-corrected chi connectivity index (χ4v) is 6.36. The highest BCUT2D eigenvalue weighted by Gasteiger charge is 2.33. The van der Waals surface area contributed by atoms with Crippen molar-refractivity contribution in [3.63, 3.8) is 0 Å². The highest BCUT2D eigenvalue weighted by molar-refractivity contribution is 7.07. The molecule has 5 rings (SSSR count). The van der Waals surface area contributed by atoms with Gasteiger partial charge in [0.2, 0.25) is 0 Å². The number of fused-ring (bicyclic) bond motifs is 1. The quantitative estimate of drug-likeness (QED) is 0.247. The van der Waals surface area contributed by atoms with E-state index in [9.17, 15) is 9.59 Å². The molecular weight excluding hydrogens is 567 g/mol. The Balaban J connectivity index is 1.57. The van der Waals surface area contributed by atoms with Crippen LogP contribution in [0.1, 0.15) is 41.6 Å². The Morgan fingerprint density at radius 1 is 1.07 bits per heavy atom. The van der Waals surface area contributed by atoms with E-state index in [0.29, 0.717) is 55.0 Å². The summed E-state index contributed by atoms with van der Waals surface area (Å²) in [5.41, 5.74) is 4.24. The smallest absolute Gasteiger partial charge is 0.338 e. The monoisotopic (exact) mass is 592 g/mol. The number of esters is 1. The van der Waals surface area contributed by atoms with Crippen LogP contribution in [-0.4, -0.2) is 17.6 Å². The van der Waals surface area contributed by atoms with E-state index < -0.39 is 12.0 Å². The number of allylic oxidation sites excluding steroid dienone is 1. The second kappa shape index (κ2) is 11.8. The average Bonchev–Trinajstić information content (AvgIpc) is 3.25. The predicted molar refractivity (Wildman–Crippen MR) is 159 cm³/mol.